The molecule has 55 heavy (non-hydrogen) atoms. The lowest BCUT2D eigenvalue weighted by atomic mass is 9.89. The molecular formula is C45H82N2O8. The third kappa shape index (κ3) is 28.4. The molecule has 3 unspecified atom stereocenters. The van der Waals surface area contributed by atoms with Gasteiger partial charge in [0.1, 0.15) is 25.9 Å². The number of nitrogens with zero attached hydrogens (tertiary/aromatic N) is 1. The largest absolute Gasteiger partial charge is 0.465 e. The van der Waals surface area contributed by atoms with Gasteiger partial charge in [0.25, 0.3) is 0 Å². The van der Waals surface area contributed by atoms with Gasteiger partial charge in [-0.1, -0.05) is 136 Å². The number of carbonyl (C=O) groups is 4. The Balaban J connectivity index is 2.64. The lowest BCUT2D eigenvalue weighted by Crippen LogP contribution is -2.35. The van der Waals surface area contributed by atoms with E-state index in [4.69, 9.17) is 18.9 Å². The van der Waals surface area contributed by atoms with E-state index in [0.29, 0.717) is 32.2 Å². The van der Waals surface area contributed by atoms with Crippen LogP contribution in [-0.4, -0.2) is 82.0 Å². The summed E-state index contributed by atoms with van der Waals surface area (Å²) in [7, 11) is 3.90. The number of ether oxygens (including phenoxy) is 4. The molecule has 0 spiro atoms. The first kappa shape index (κ1) is 50.4. The molecule has 0 saturated heterocycles. The number of nitrogens with one attached hydrogen (secondary N) is 1. The molecular weight excluding hydrogens is 697 g/mol. The highest BCUT2D eigenvalue weighted by molar-refractivity contribution is 5.71. The Bertz CT molecular complexity index is 981. The van der Waals surface area contributed by atoms with Crippen molar-refractivity contribution in [3.8, 4) is 0 Å². The summed E-state index contributed by atoms with van der Waals surface area (Å²) < 4.78 is 22.8. The molecule has 0 aromatic rings. The number of carbonyl (C=O) groups excluding carboxylic acids is 4. The summed E-state index contributed by atoms with van der Waals surface area (Å²) in [6.07, 6.45) is 28.5. The van der Waals surface area contributed by atoms with E-state index in [9.17, 15) is 19.2 Å². The first-order valence-corrected chi connectivity index (χ1v) is 22.4. The van der Waals surface area contributed by atoms with Crippen LogP contribution in [0.25, 0.3) is 0 Å². The summed E-state index contributed by atoms with van der Waals surface area (Å²) in [4.78, 5) is 53.0. The highest BCUT2D eigenvalue weighted by Gasteiger charge is 2.39. The molecule has 0 aromatic heterocycles. The number of esters is 3. The molecule has 1 fully saturated rings. The molecule has 10 heteroatoms. The molecule has 0 aliphatic heterocycles. The topological polar surface area (TPSA) is 120 Å². The second-order valence-corrected chi connectivity index (χ2v) is 16.1. The summed E-state index contributed by atoms with van der Waals surface area (Å²) in [6.45, 7) is 7.80. The Labute approximate surface area is 336 Å². The van der Waals surface area contributed by atoms with Crippen molar-refractivity contribution < 1.29 is 38.1 Å². The average molecular weight is 779 g/mol. The summed E-state index contributed by atoms with van der Waals surface area (Å²) in [5.41, 5.74) is 0. The molecule has 0 aromatic carbocycles. The molecule has 1 N–H and O–H groups in total. The van der Waals surface area contributed by atoms with E-state index in [-0.39, 0.29) is 62.1 Å². The number of likely N-dealkylation sites (N-methyl/N-ethyl adjacent to an activating group) is 1. The predicted molar refractivity (Wildman–Crippen MR) is 222 cm³/mol. The number of amides is 1. The Morgan fingerprint density at radius 1 is 0.636 bits per heavy atom. The third-order valence-electron chi connectivity index (χ3n) is 10.6. The average Bonchev–Trinajstić information content (AvgIpc) is 3.52. The minimum atomic E-state index is -0.447. The normalized spacial score (nSPS) is 16.9. The molecule has 1 aliphatic carbocycles. The first-order chi connectivity index (χ1) is 26.7. The van der Waals surface area contributed by atoms with Crippen LogP contribution in [-0.2, 0) is 33.3 Å². The van der Waals surface area contributed by atoms with Crippen LogP contribution in [0.4, 0.5) is 4.79 Å². The van der Waals surface area contributed by atoms with Gasteiger partial charge < -0.3 is 29.2 Å². The minimum Gasteiger partial charge on any atom is -0.465 e. The van der Waals surface area contributed by atoms with Gasteiger partial charge in [-0.25, -0.2) is 4.79 Å². The zero-order chi connectivity index (χ0) is 40.4. The Morgan fingerprint density at radius 3 is 1.58 bits per heavy atom. The van der Waals surface area contributed by atoms with Crippen LogP contribution < -0.4 is 5.32 Å². The van der Waals surface area contributed by atoms with Crippen molar-refractivity contribution in [3.05, 3.63) is 12.2 Å². The van der Waals surface area contributed by atoms with Crippen molar-refractivity contribution in [2.45, 2.75) is 187 Å². The molecule has 1 rings (SSSR count). The van der Waals surface area contributed by atoms with Crippen LogP contribution in [0.1, 0.15) is 181 Å². The number of unbranched alkanes of at least 4 members (excludes halogenated alkanes) is 16. The van der Waals surface area contributed by atoms with Gasteiger partial charge >= 0.3 is 24.0 Å². The maximum Gasteiger partial charge on any atom is 0.407 e. The molecule has 3 atom stereocenters. The van der Waals surface area contributed by atoms with E-state index in [2.05, 4.69) is 38.2 Å². The number of allylic oxidation sites excluding steroid dienone is 2. The number of alkyl carbamates (subject to hydrolysis) is 1. The second kappa shape index (κ2) is 34.6. The van der Waals surface area contributed by atoms with E-state index in [1.807, 2.05) is 19.0 Å². The van der Waals surface area contributed by atoms with Crippen LogP contribution in [0.5, 0.6) is 0 Å². The van der Waals surface area contributed by atoms with E-state index < -0.39 is 12.0 Å². The van der Waals surface area contributed by atoms with Gasteiger partial charge in [0.05, 0.1) is 5.92 Å². The molecule has 1 saturated carbocycles. The first-order valence-electron chi connectivity index (χ1n) is 22.4. The molecule has 0 radical (unpaired) electrons. The summed E-state index contributed by atoms with van der Waals surface area (Å²) >= 11 is 0. The van der Waals surface area contributed by atoms with Crippen molar-refractivity contribution in [2.24, 2.45) is 17.8 Å². The number of rotatable bonds is 35. The number of hydrogen-bond donors (Lipinski definition) is 1. The smallest absolute Gasteiger partial charge is 0.407 e. The van der Waals surface area contributed by atoms with Crippen molar-refractivity contribution in [1.29, 1.82) is 0 Å². The van der Waals surface area contributed by atoms with Crippen LogP contribution in [0.2, 0.25) is 0 Å². The van der Waals surface area contributed by atoms with Crippen molar-refractivity contribution >= 4 is 24.0 Å². The van der Waals surface area contributed by atoms with Gasteiger partial charge in [-0.3, -0.25) is 14.4 Å². The fourth-order valence-corrected chi connectivity index (χ4v) is 7.19. The van der Waals surface area contributed by atoms with Gasteiger partial charge in [0.2, 0.25) is 0 Å². The minimum absolute atomic E-state index is 0.00319. The second-order valence-electron chi connectivity index (χ2n) is 16.1. The molecule has 1 amide bonds. The standard InChI is InChI=1S/C45H82N2O8/c1-6-9-12-14-16-18-20-22-25-28-42(48)52-35-38(36-53-43(49)29-26-23-21-19-17-15-13-10-7-2)37-54-44(50)34-39-30-31-41(40(39)27-24-11-8-3)55-45(51)46-32-33-47(4)5/h11,24,38-41H,6-10,12-23,25-37H2,1-5H3,(H,46,51)/b24-11-. The zero-order valence-electron chi connectivity index (χ0n) is 35.9. The fourth-order valence-electron chi connectivity index (χ4n) is 7.19. The molecule has 10 nitrogen and oxygen atoms in total. The van der Waals surface area contributed by atoms with Crippen LogP contribution >= 0.6 is 0 Å². The summed E-state index contributed by atoms with van der Waals surface area (Å²) in [6, 6.07) is 0. The van der Waals surface area contributed by atoms with E-state index in [1.54, 1.807) is 0 Å². The Morgan fingerprint density at radius 2 is 1.11 bits per heavy atom. The zero-order valence-corrected chi connectivity index (χ0v) is 35.9. The van der Waals surface area contributed by atoms with Crippen LogP contribution in [0.3, 0.4) is 0 Å². The summed E-state index contributed by atoms with van der Waals surface area (Å²) in [5.74, 6) is -1.32. The fraction of sp³-hybridized carbons (Fsp3) is 0.867. The van der Waals surface area contributed by atoms with Gasteiger partial charge in [0.15, 0.2) is 0 Å². The highest BCUT2D eigenvalue weighted by Crippen LogP contribution is 2.39. The molecule has 0 bridgehead atoms. The monoisotopic (exact) mass is 779 g/mol. The third-order valence-corrected chi connectivity index (χ3v) is 10.6. The predicted octanol–water partition coefficient (Wildman–Crippen LogP) is 10.5. The van der Waals surface area contributed by atoms with Crippen molar-refractivity contribution in [1.82, 2.24) is 10.2 Å². The lowest BCUT2D eigenvalue weighted by Gasteiger charge is -2.24. The number of hydrogen-bond acceptors (Lipinski definition) is 9. The van der Waals surface area contributed by atoms with Gasteiger partial charge in [-0.05, 0) is 58.5 Å². The Hall–Kier alpha value is -2.62. The van der Waals surface area contributed by atoms with E-state index >= 15 is 0 Å². The van der Waals surface area contributed by atoms with Crippen molar-refractivity contribution in [3.63, 3.8) is 0 Å². The highest BCUT2D eigenvalue weighted by atomic mass is 16.6. The van der Waals surface area contributed by atoms with Crippen LogP contribution in [0, 0.1) is 17.8 Å². The Kier molecular flexibility index (Phi) is 31.7. The molecule has 320 valence electrons. The lowest BCUT2D eigenvalue weighted by molar-refractivity contribution is -0.154. The van der Waals surface area contributed by atoms with Crippen molar-refractivity contribution in [2.75, 3.05) is 47.0 Å². The quantitative estimate of drug-likeness (QED) is 0.0290. The summed E-state index contributed by atoms with van der Waals surface area (Å²) in [5, 5.41) is 2.83. The van der Waals surface area contributed by atoms with Crippen LogP contribution in [0.15, 0.2) is 12.2 Å². The molecule has 1 aliphatic rings. The maximum atomic E-state index is 13.2. The maximum absolute atomic E-state index is 13.2. The van der Waals surface area contributed by atoms with Gasteiger partial charge in [0, 0.05) is 38.3 Å². The van der Waals surface area contributed by atoms with E-state index in [1.165, 1.54) is 77.0 Å². The van der Waals surface area contributed by atoms with Gasteiger partial charge in [-0.15, -0.1) is 0 Å². The van der Waals surface area contributed by atoms with Gasteiger partial charge in [-0.2, -0.15) is 0 Å². The van der Waals surface area contributed by atoms with E-state index in [0.717, 1.165) is 57.9 Å². The SMILES string of the molecule is CC/C=C\CC1C(CC(=O)OCC(COC(=O)CCCCCCCCCCC)COC(=O)CCCCCCCCCCC)CCC1OC(=O)NCCN(C)C. The molecule has 0 heterocycles.